The van der Waals surface area contributed by atoms with Crippen LogP contribution in [0.2, 0.25) is 0 Å². The number of hydrogen-bond acceptors (Lipinski definition) is 2. The molecular formula is C28H33NO3. The molecule has 168 valence electrons. The molecule has 4 heteroatoms. The summed E-state index contributed by atoms with van der Waals surface area (Å²) in [6.07, 6.45) is 8.03. The number of hydrogen-bond donors (Lipinski definition) is 1. The molecule has 0 bridgehead atoms. The number of carbonyl (C=O) groups excluding carboxylic acids is 1. The van der Waals surface area contributed by atoms with Gasteiger partial charge >= 0.3 is 5.97 Å². The fourth-order valence-electron chi connectivity index (χ4n) is 4.97. The van der Waals surface area contributed by atoms with Gasteiger partial charge in [-0.15, -0.1) is 0 Å². The first kappa shape index (κ1) is 22.3. The minimum atomic E-state index is -0.919. The molecule has 0 atom stereocenters. The molecule has 1 amide bonds. The van der Waals surface area contributed by atoms with E-state index in [2.05, 4.69) is 45.9 Å². The number of carbonyl (C=O) groups is 2. The SMILES string of the molecule is CC1(C)CCC(C)(C)c2cc(CN3CCCC3=O)c(/C=C/c3ccc(C(=O)O)cc3)cc21. The summed E-state index contributed by atoms with van der Waals surface area (Å²) in [6, 6.07) is 11.6. The second-order valence-corrected chi connectivity index (χ2v) is 10.5. The smallest absolute Gasteiger partial charge is 0.335 e. The summed E-state index contributed by atoms with van der Waals surface area (Å²) in [5, 5.41) is 9.13. The third-order valence-electron chi connectivity index (χ3n) is 7.26. The highest BCUT2D eigenvalue weighted by molar-refractivity contribution is 5.88. The number of nitrogens with zero attached hydrogens (tertiary/aromatic N) is 1. The number of likely N-dealkylation sites (tertiary alicyclic amines) is 1. The summed E-state index contributed by atoms with van der Waals surface area (Å²) in [7, 11) is 0. The molecule has 2 aromatic carbocycles. The highest BCUT2D eigenvalue weighted by Crippen LogP contribution is 2.47. The summed E-state index contributed by atoms with van der Waals surface area (Å²) >= 11 is 0. The van der Waals surface area contributed by atoms with E-state index in [0.717, 1.165) is 36.9 Å². The van der Waals surface area contributed by atoms with Gasteiger partial charge in [0.15, 0.2) is 0 Å². The van der Waals surface area contributed by atoms with Crippen LogP contribution in [0.1, 0.15) is 91.6 Å². The first-order chi connectivity index (χ1) is 15.1. The van der Waals surface area contributed by atoms with Crippen LogP contribution in [-0.2, 0) is 22.2 Å². The fourth-order valence-corrected chi connectivity index (χ4v) is 4.97. The molecule has 2 aromatic rings. The predicted octanol–water partition coefficient (Wildman–Crippen LogP) is 6.03. The van der Waals surface area contributed by atoms with E-state index in [4.69, 9.17) is 5.11 Å². The highest BCUT2D eigenvalue weighted by atomic mass is 16.4. The third-order valence-corrected chi connectivity index (χ3v) is 7.26. The Labute approximate surface area is 191 Å². The Morgan fingerprint density at radius 2 is 1.62 bits per heavy atom. The van der Waals surface area contributed by atoms with Crippen LogP contribution in [0.15, 0.2) is 36.4 Å². The Bertz CT molecular complexity index is 1080. The minimum Gasteiger partial charge on any atom is -0.478 e. The van der Waals surface area contributed by atoms with Crippen molar-refractivity contribution in [2.45, 2.75) is 70.8 Å². The van der Waals surface area contributed by atoms with Gasteiger partial charge < -0.3 is 10.0 Å². The number of rotatable bonds is 5. The lowest BCUT2D eigenvalue weighted by Crippen LogP contribution is -2.34. The molecule has 1 aliphatic carbocycles. The predicted molar refractivity (Wildman–Crippen MR) is 129 cm³/mol. The van der Waals surface area contributed by atoms with E-state index >= 15 is 0 Å². The monoisotopic (exact) mass is 431 g/mol. The average molecular weight is 432 g/mol. The van der Waals surface area contributed by atoms with Gasteiger partial charge in [-0.25, -0.2) is 4.79 Å². The van der Waals surface area contributed by atoms with Crippen molar-refractivity contribution in [2.75, 3.05) is 6.54 Å². The Balaban J connectivity index is 1.76. The van der Waals surface area contributed by atoms with Gasteiger partial charge in [0, 0.05) is 19.5 Å². The Kier molecular flexibility index (Phi) is 5.74. The number of carboxylic acid groups (broad SMARTS) is 1. The van der Waals surface area contributed by atoms with Gasteiger partial charge in [0.25, 0.3) is 0 Å². The van der Waals surface area contributed by atoms with Gasteiger partial charge in [-0.3, -0.25) is 4.79 Å². The number of amides is 1. The van der Waals surface area contributed by atoms with Crippen LogP contribution in [0.5, 0.6) is 0 Å². The molecular weight excluding hydrogens is 398 g/mol. The van der Waals surface area contributed by atoms with E-state index in [0.29, 0.717) is 13.0 Å². The second-order valence-electron chi connectivity index (χ2n) is 10.5. The summed E-state index contributed by atoms with van der Waals surface area (Å²) in [4.78, 5) is 25.4. The molecule has 1 saturated heterocycles. The molecule has 0 unspecified atom stereocenters. The molecule has 0 aromatic heterocycles. The molecule has 4 rings (SSSR count). The van der Waals surface area contributed by atoms with Crippen LogP contribution < -0.4 is 0 Å². The zero-order chi connectivity index (χ0) is 23.1. The average Bonchev–Trinajstić information content (AvgIpc) is 3.15. The van der Waals surface area contributed by atoms with Crippen LogP contribution in [-0.4, -0.2) is 28.4 Å². The van der Waals surface area contributed by atoms with E-state index < -0.39 is 5.97 Å². The van der Waals surface area contributed by atoms with Gasteiger partial charge in [-0.05, 0) is 70.0 Å². The van der Waals surface area contributed by atoms with Crippen LogP contribution in [0.25, 0.3) is 12.2 Å². The number of fused-ring (bicyclic) bond motifs is 1. The molecule has 4 nitrogen and oxygen atoms in total. The zero-order valence-electron chi connectivity index (χ0n) is 19.6. The van der Waals surface area contributed by atoms with Crippen LogP contribution in [0.4, 0.5) is 0 Å². The van der Waals surface area contributed by atoms with Crippen molar-refractivity contribution in [3.8, 4) is 0 Å². The molecule has 1 fully saturated rings. The first-order valence-corrected chi connectivity index (χ1v) is 11.5. The van der Waals surface area contributed by atoms with E-state index in [1.807, 2.05) is 23.1 Å². The molecule has 0 spiro atoms. The van der Waals surface area contributed by atoms with Crippen molar-refractivity contribution in [2.24, 2.45) is 0 Å². The topological polar surface area (TPSA) is 57.6 Å². The quantitative estimate of drug-likeness (QED) is 0.588. The molecule has 1 aliphatic heterocycles. The van der Waals surface area contributed by atoms with E-state index in [-0.39, 0.29) is 22.3 Å². The summed E-state index contributed by atoms with van der Waals surface area (Å²) < 4.78 is 0. The second kappa shape index (κ2) is 8.23. The van der Waals surface area contributed by atoms with Crippen molar-refractivity contribution in [3.63, 3.8) is 0 Å². The van der Waals surface area contributed by atoms with Crippen LogP contribution >= 0.6 is 0 Å². The standard InChI is InChI=1S/C28H33NO3/c1-27(2)13-14-28(3,4)24-17-22(18-29-15-5-6-25(29)30)21(16-23(24)27)12-9-19-7-10-20(11-8-19)26(31)32/h7-12,16-17H,5-6,13-15,18H2,1-4H3,(H,31,32)/b12-9+. The van der Waals surface area contributed by atoms with Crippen molar-refractivity contribution in [1.82, 2.24) is 4.90 Å². The van der Waals surface area contributed by atoms with Gasteiger partial charge in [-0.1, -0.05) is 64.1 Å². The van der Waals surface area contributed by atoms with Crippen LogP contribution in [0.3, 0.4) is 0 Å². The molecule has 32 heavy (non-hydrogen) atoms. The zero-order valence-corrected chi connectivity index (χ0v) is 19.6. The maximum absolute atomic E-state index is 12.3. The maximum Gasteiger partial charge on any atom is 0.335 e. The summed E-state index contributed by atoms with van der Waals surface area (Å²) in [6.45, 7) is 10.8. The fraction of sp³-hybridized carbons (Fsp3) is 0.429. The van der Waals surface area contributed by atoms with Gasteiger partial charge in [0.2, 0.25) is 5.91 Å². The number of aromatic carboxylic acids is 1. The van der Waals surface area contributed by atoms with Crippen molar-refractivity contribution in [1.29, 1.82) is 0 Å². The van der Waals surface area contributed by atoms with Gasteiger partial charge in [0.05, 0.1) is 5.56 Å². The van der Waals surface area contributed by atoms with E-state index in [9.17, 15) is 9.59 Å². The molecule has 0 saturated carbocycles. The first-order valence-electron chi connectivity index (χ1n) is 11.5. The van der Waals surface area contributed by atoms with Crippen molar-refractivity contribution >= 4 is 24.0 Å². The molecule has 2 aliphatic rings. The third kappa shape index (κ3) is 4.36. The number of benzene rings is 2. The van der Waals surface area contributed by atoms with Gasteiger partial charge in [-0.2, -0.15) is 0 Å². The summed E-state index contributed by atoms with van der Waals surface area (Å²) in [5.41, 5.74) is 6.58. The van der Waals surface area contributed by atoms with E-state index in [1.54, 1.807) is 12.1 Å². The molecule has 1 N–H and O–H groups in total. The number of carboxylic acids is 1. The van der Waals surface area contributed by atoms with E-state index in [1.165, 1.54) is 16.7 Å². The minimum absolute atomic E-state index is 0.110. The lowest BCUT2D eigenvalue weighted by Gasteiger charge is -2.42. The lowest BCUT2D eigenvalue weighted by molar-refractivity contribution is -0.128. The Morgan fingerprint density at radius 1 is 1.00 bits per heavy atom. The Morgan fingerprint density at radius 3 is 2.19 bits per heavy atom. The van der Waals surface area contributed by atoms with Gasteiger partial charge in [0.1, 0.15) is 0 Å². The summed E-state index contributed by atoms with van der Waals surface area (Å²) in [5.74, 6) is -0.681. The molecule has 0 radical (unpaired) electrons. The van der Waals surface area contributed by atoms with Crippen LogP contribution in [0, 0.1) is 0 Å². The lowest BCUT2D eigenvalue weighted by atomic mass is 9.62. The maximum atomic E-state index is 12.3. The largest absolute Gasteiger partial charge is 0.478 e. The Hall–Kier alpha value is -2.88. The van der Waals surface area contributed by atoms with Crippen molar-refractivity contribution < 1.29 is 14.7 Å². The molecule has 1 heterocycles. The van der Waals surface area contributed by atoms with Crippen molar-refractivity contribution in [3.05, 3.63) is 69.8 Å². The highest BCUT2D eigenvalue weighted by Gasteiger charge is 2.37. The normalized spacial score (nSPS) is 19.4.